The van der Waals surface area contributed by atoms with Crippen LogP contribution in [0.4, 0.5) is 17.2 Å². The van der Waals surface area contributed by atoms with E-state index in [2.05, 4.69) is 15.6 Å². The third-order valence-corrected chi connectivity index (χ3v) is 2.75. The molecule has 0 aliphatic carbocycles. The minimum atomic E-state index is -0.132. The molecule has 1 aromatic heterocycles. The normalized spacial score (nSPS) is 9.86. The van der Waals surface area contributed by atoms with E-state index >= 15 is 0 Å². The summed E-state index contributed by atoms with van der Waals surface area (Å²) in [7, 11) is 3.20. The van der Waals surface area contributed by atoms with Gasteiger partial charge in [0.25, 0.3) is 0 Å². The molecule has 0 unspecified atom stereocenters. The van der Waals surface area contributed by atoms with Crippen LogP contribution >= 0.6 is 0 Å². The van der Waals surface area contributed by atoms with Gasteiger partial charge in [0.1, 0.15) is 17.3 Å². The first-order valence-electron chi connectivity index (χ1n) is 6.35. The van der Waals surface area contributed by atoms with Gasteiger partial charge in [-0.3, -0.25) is 4.79 Å². The molecule has 0 bridgehead atoms. The van der Waals surface area contributed by atoms with Crippen LogP contribution in [-0.4, -0.2) is 25.1 Å². The summed E-state index contributed by atoms with van der Waals surface area (Å²) in [6, 6.07) is 8.99. The van der Waals surface area contributed by atoms with Gasteiger partial charge in [0, 0.05) is 13.0 Å². The zero-order valence-corrected chi connectivity index (χ0v) is 12.1. The topological polar surface area (TPSA) is 72.5 Å². The molecule has 6 heteroatoms. The number of hydrogen-bond donors (Lipinski definition) is 2. The molecule has 1 aromatic carbocycles. The smallest absolute Gasteiger partial charge is 0.221 e. The van der Waals surface area contributed by atoms with Crippen LogP contribution in [0.2, 0.25) is 0 Å². The number of ether oxygens (including phenoxy) is 2. The average Bonchev–Trinajstić information content (AvgIpc) is 2.48. The molecule has 0 saturated carbocycles. The summed E-state index contributed by atoms with van der Waals surface area (Å²) < 4.78 is 10.5. The Kier molecular flexibility index (Phi) is 4.61. The second-order valence-corrected chi connectivity index (χ2v) is 4.30. The van der Waals surface area contributed by atoms with Gasteiger partial charge in [-0.25, -0.2) is 4.98 Å². The standard InChI is InChI=1S/C15H17N3O3/c1-10(19)17-11-4-7-15(16-9-11)18-13-8-12(20-2)5-6-14(13)21-3/h4-9H,1-3H3,(H,16,18)(H,17,19). The van der Waals surface area contributed by atoms with Crippen LogP contribution in [0.25, 0.3) is 0 Å². The maximum absolute atomic E-state index is 11.0. The second kappa shape index (κ2) is 6.60. The molecule has 0 radical (unpaired) electrons. The Morgan fingerprint density at radius 3 is 2.52 bits per heavy atom. The van der Waals surface area contributed by atoms with E-state index in [1.165, 1.54) is 6.92 Å². The van der Waals surface area contributed by atoms with Gasteiger partial charge in [-0.05, 0) is 24.3 Å². The Morgan fingerprint density at radius 1 is 1.14 bits per heavy atom. The van der Waals surface area contributed by atoms with Gasteiger partial charge < -0.3 is 20.1 Å². The quantitative estimate of drug-likeness (QED) is 0.884. The first kappa shape index (κ1) is 14.6. The molecule has 0 aliphatic heterocycles. The SMILES string of the molecule is COc1ccc(OC)c(Nc2ccc(NC(C)=O)cn2)c1. The summed E-state index contributed by atoms with van der Waals surface area (Å²) in [5.74, 6) is 1.90. The number of anilines is 3. The Morgan fingerprint density at radius 2 is 1.95 bits per heavy atom. The number of methoxy groups -OCH3 is 2. The van der Waals surface area contributed by atoms with Crippen LogP contribution in [0.5, 0.6) is 11.5 Å². The predicted molar refractivity (Wildman–Crippen MR) is 81.4 cm³/mol. The summed E-state index contributed by atoms with van der Waals surface area (Å²) in [5, 5.41) is 5.81. The van der Waals surface area contributed by atoms with Crippen molar-refractivity contribution in [2.75, 3.05) is 24.9 Å². The van der Waals surface area contributed by atoms with Gasteiger partial charge in [0.2, 0.25) is 5.91 Å². The summed E-state index contributed by atoms with van der Waals surface area (Å²) in [6.45, 7) is 1.45. The Labute approximate surface area is 123 Å². The van der Waals surface area contributed by atoms with Crippen LogP contribution in [0.15, 0.2) is 36.5 Å². The van der Waals surface area contributed by atoms with E-state index in [9.17, 15) is 4.79 Å². The fourth-order valence-corrected chi connectivity index (χ4v) is 1.79. The zero-order chi connectivity index (χ0) is 15.2. The van der Waals surface area contributed by atoms with Gasteiger partial charge in [0.15, 0.2) is 0 Å². The average molecular weight is 287 g/mol. The highest BCUT2D eigenvalue weighted by Gasteiger charge is 2.06. The predicted octanol–water partition coefficient (Wildman–Crippen LogP) is 2.80. The molecule has 0 atom stereocenters. The fraction of sp³-hybridized carbons (Fsp3) is 0.200. The Bertz CT molecular complexity index is 627. The molecule has 0 spiro atoms. The Hall–Kier alpha value is -2.76. The lowest BCUT2D eigenvalue weighted by Gasteiger charge is -2.12. The molecule has 1 heterocycles. The molecule has 110 valence electrons. The number of carbonyl (C=O) groups excluding carboxylic acids is 1. The number of pyridine rings is 1. The third-order valence-electron chi connectivity index (χ3n) is 2.75. The van der Waals surface area contributed by atoms with Crippen LogP contribution < -0.4 is 20.1 Å². The molecule has 6 nitrogen and oxygen atoms in total. The molecule has 0 aliphatic rings. The van der Waals surface area contributed by atoms with E-state index in [4.69, 9.17) is 9.47 Å². The summed E-state index contributed by atoms with van der Waals surface area (Å²) >= 11 is 0. The van der Waals surface area contributed by atoms with Crippen molar-refractivity contribution in [1.29, 1.82) is 0 Å². The summed E-state index contributed by atoms with van der Waals surface area (Å²) in [6.07, 6.45) is 1.58. The van der Waals surface area contributed by atoms with E-state index in [0.717, 1.165) is 5.69 Å². The molecule has 2 rings (SSSR count). The maximum Gasteiger partial charge on any atom is 0.221 e. The molecule has 0 saturated heterocycles. The van der Waals surface area contributed by atoms with Gasteiger partial charge in [-0.1, -0.05) is 0 Å². The highest BCUT2D eigenvalue weighted by Crippen LogP contribution is 2.31. The minimum absolute atomic E-state index is 0.132. The van der Waals surface area contributed by atoms with Crippen molar-refractivity contribution < 1.29 is 14.3 Å². The van der Waals surface area contributed by atoms with Gasteiger partial charge in [0.05, 0.1) is 31.8 Å². The highest BCUT2D eigenvalue weighted by molar-refractivity contribution is 5.88. The van der Waals surface area contributed by atoms with Crippen molar-refractivity contribution in [3.63, 3.8) is 0 Å². The molecule has 2 N–H and O–H groups in total. The van der Waals surface area contributed by atoms with Crippen molar-refractivity contribution in [2.45, 2.75) is 6.92 Å². The monoisotopic (exact) mass is 287 g/mol. The van der Waals surface area contributed by atoms with Gasteiger partial charge in [-0.2, -0.15) is 0 Å². The number of rotatable bonds is 5. The zero-order valence-electron chi connectivity index (χ0n) is 12.1. The van der Waals surface area contributed by atoms with Gasteiger partial charge >= 0.3 is 0 Å². The van der Waals surface area contributed by atoms with Crippen molar-refractivity contribution >= 4 is 23.1 Å². The Balaban J connectivity index is 2.19. The first-order valence-corrected chi connectivity index (χ1v) is 6.35. The number of nitrogens with one attached hydrogen (secondary N) is 2. The number of amides is 1. The molecule has 21 heavy (non-hydrogen) atoms. The maximum atomic E-state index is 11.0. The van der Waals surface area contributed by atoms with Crippen molar-refractivity contribution in [3.8, 4) is 11.5 Å². The van der Waals surface area contributed by atoms with Crippen LogP contribution in [0.1, 0.15) is 6.92 Å². The second-order valence-electron chi connectivity index (χ2n) is 4.30. The van der Waals surface area contributed by atoms with Crippen LogP contribution in [-0.2, 0) is 4.79 Å². The number of carbonyl (C=O) groups is 1. The highest BCUT2D eigenvalue weighted by atomic mass is 16.5. The van der Waals surface area contributed by atoms with Crippen LogP contribution in [0, 0.1) is 0 Å². The third kappa shape index (κ3) is 3.85. The van der Waals surface area contributed by atoms with Crippen molar-refractivity contribution in [3.05, 3.63) is 36.5 Å². The lowest BCUT2D eigenvalue weighted by Crippen LogP contribution is -2.06. The largest absolute Gasteiger partial charge is 0.497 e. The lowest BCUT2D eigenvalue weighted by molar-refractivity contribution is -0.114. The summed E-state index contributed by atoms with van der Waals surface area (Å²) in [4.78, 5) is 15.2. The van der Waals surface area contributed by atoms with Gasteiger partial charge in [-0.15, -0.1) is 0 Å². The van der Waals surface area contributed by atoms with Crippen molar-refractivity contribution in [1.82, 2.24) is 4.98 Å². The fourth-order valence-electron chi connectivity index (χ4n) is 1.79. The lowest BCUT2D eigenvalue weighted by atomic mass is 10.2. The molecular formula is C15H17N3O3. The number of aromatic nitrogens is 1. The van der Waals surface area contributed by atoms with E-state index in [-0.39, 0.29) is 5.91 Å². The molecule has 2 aromatic rings. The van der Waals surface area contributed by atoms with Crippen LogP contribution in [0.3, 0.4) is 0 Å². The van der Waals surface area contributed by atoms with Crippen molar-refractivity contribution in [2.24, 2.45) is 0 Å². The van der Waals surface area contributed by atoms with E-state index in [1.54, 1.807) is 32.5 Å². The van der Waals surface area contributed by atoms with E-state index in [0.29, 0.717) is 23.0 Å². The van der Waals surface area contributed by atoms with E-state index in [1.807, 2.05) is 18.2 Å². The number of hydrogen-bond acceptors (Lipinski definition) is 5. The molecular weight excluding hydrogens is 270 g/mol. The number of nitrogens with zero attached hydrogens (tertiary/aromatic N) is 1. The van der Waals surface area contributed by atoms with E-state index < -0.39 is 0 Å². The first-order chi connectivity index (χ1) is 10.1. The molecule has 0 fully saturated rings. The summed E-state index contributed by atoms with van der Waals surface area (Å²) in [5.41, 5.74) is 1.39. The molecule has 1 amide bonds. The number of benzene rings is 1. The minimum Gasteiger partial charge on any atom is -0.497 e.